The van der Waals surface area contributed by atoms with E-state index in [0.717, 1.165) is 47.5 Å². The first kappa shape index (κ1) is 24.5. The fourth-order valence-corrected chi connectivity index (χ4v) is 4.05. The maximum atomic E-state index is 13.5. The molecule has 3 aromatic carbocycles. The van der Waals surface area contributed by atoms with E-state index in [0.29, 0.717) is 12.1 Å². The highest BCUT2D eigenvalue weighted by molar-refractivity contribution is 5.92. The number of anilines is 1. The van der Waals surface area contributed by atoms with E-state index in [9.17, 15) is 18.0 Å². The molecule has 182 valence electrons. The van der Waals surface area contributed by atoms with Crippen molar-refractivity contribution in [1.29, 1.82) is 0 Å². The van der Waals surface area contributed by atoms with E-state index in [1.807, 2.05) is 71.8 Å². The summed E-state index contributed by atoms with van der Waals surface area (Å²) in [6.07, 6.45) is -2.70. The summed E-state index contributed by atoms with van der Waals surface area (Å²) >= 11 is 0. The summed E-state index contributed by atoms with van der Waals surface area (Å²) in [5, 5.41) is 2.65. The lowest BCUT2D eigenvalue weighted by molar-refractivity contribution is -0.137. The molecule has 1 aromatic heterocycles. The Kier molecular flexibility index (Phi) is 7.21. The van der Waals surface area contributed by atoms with Crippen molar-refractivity contribution < 1.29 is 18.0 Å². The van der Waals surface area contributed by atoms with Crippen LogP contribution in [0.4, 0.5) is 18.9 Å². The van der Waals surface area contributed by atoms with Gasteiger partial charge in [-0.2, -0.15) is 13.2 Å². The molecule has 8 heteroatoms. The molecule has 0 aliphatic heterocycles. The lowest BCUT2D eigenvalue weighted by Crippen LogP contribution is -2.23. The highest BCUT2D eigenvalue weighted by Gasteiger charge is 2.31. The van der Waals surface area contributed by atoms with E-state index in [1.165, 1.54) is 0 Å². The molecule has 0 aliphatic carbocycles. The number of nitrogens with zero attached hydrogens (tertiary/aromatic N) is 3. The highest BCUT2D eigenvalue weighted by atomic mass is 19.4. The van der Waals surface area contributed by atoms with Gasteiger partial charge in [-0.15, -0.1) is 0 Å². The van der Waals surface area contributed by atoms with E-state index in [-0.39, 0.29) is 18.0 Å². The van der Waals surface area contributed by atoms with Crippen LogP contribution in [0, 0.1) is 0 Å². The molecule has 0 radical (unpaired) electrons. The van der Waals surface area contributed by atoms with Crippen LogP contribution in [0.2, 0.25) is 0 Å². The molecule has 0 fully saturated rings. The van der Waals surface area contributed by atoms with Gasteiger partial charge >= 0.3 is 6.18 Å². The number of amides is 1. The third-order valence-electron chi connectivity index (χ3n) is 5.94. The number of carbonyl (C=O) groups excluding carboxylic acids is 1. The predicted octanol–water partition coefficient (Wildman–Crippen LogP) is 6.07. The molecule has 35 heavy (non-hydrogen) atoms. The van der Waals surface area contributed by atoms with Gasteiger partial charge in [-0.25, -0.2) is 4.98 Å². The first-order valence-electron chi connectivity index (χ1n) is 11.5. The van der Waals surface area contributed by atoms with Gasteiger partial charge in [0.1, 0.15) is 6.33 Å². The zero-order valence-corrected chi connectivity index (χ0v) is 19.6. The van der Waals surface area contributed by atoms with Crippen LogP contribution < -0.4 is 5.32 Å². The Morgan fingerprint density at radius 2 is 1.69 bits per heavy atom. The maximum absolute atomic E-state index is 13.5. The first-order valence-corrected chi connectivity index (χ1v) is 11.5. The molecule has 0 unspecified atom stereocenters. The van der Waals surface area contributed by atoms with Crippen molar-refractivity contribution in [2.24, 2.45) is 0 Å². The number of halogens is 3. The van der Waals surface area contributed by atoms with E-state index in [4.69, 9.17) is 0 Å². The Hall–Kier alpha value is -3.65. The minimum absolute atomic E-state index is 0.0482. The van der Waals surface area contributed by atoms with Crippen molar-refractivity contribution in [2.45, 2.75) is 33.0 Å². The summed E-state index contributed by atoms with van der Waals surface area (Å²) in [7, 11) is 0. The number of imidazole rings is 1. The van der Waals surface area contributed by atoms with Crippen molar-refractivity contribution >= 4 is 22.6 Å². The van der Waals surface area contributed by atoms with Crippen LogP contribution in [-0.2, 0) is 23.9 Å². The van der Waals surface area contributed by atoms with E-state index < -0.39 is 11.7 Å². The van der Waals surface area contributed by atoms with Gasteiger partial charge in [0.25, 0.3) is 0 Å². The van der Waals surface area contributed by atoms with Gasteiger partial charge in [0.15, 0.2) is 0 Å². The summed E-state index contributed by atoms with van der Waals surface area (Å²) < 4.78 is 42.3. The molecule has 1 heterocycles. The van der Waals surface area contributed by atoms with E-state index in [1.54, 1.807) is 12.4 Å². The topological polar surface area (TPSA) is 50.2 Å². The first-order chi connectivity index (χ1) is 16.8. The molecule has 4 rings (SSSR count). The summed E-state index contributed by atoms with van der Waals surface area (Å²) in [5.41, 5.74) is 3.41. The number of para-hydroxylation sites is 2. The van der Waals surface area contributed by atoms with Crippen LogP contribution in [0.15, 0.2) is 73.1 Å². The minimum atomic E-state index is -4.49. The second kappa shape index (κ2) is 10.3. The second-order valence-corrected chi connectivity index (χ2v) is 8.37. The number of hydrogen-bond acceptors (Lipinski definition) is 3. The molecule has 5 nitrogen and oxygen atoms in total. The van der Waals surface area contributed by atoms with Crippen LogP contribution in [0.5, 0.6) is 0 Å². The Morgan fingerprint density at radius 3 is 2.37 bits per heavy atom. The zero-order valence-electron chi connectivity index (χ0n) is 19.6. The van der Waals surface area contributed by atoms with Crippen molar-refractivity contribution in [3.63, 3.8) is 0 Å². The van der Waals surface area contributed by atoms with E-state index >= 15 is 0 Å². The summed E-state index contributed by atoms with van der Waals surface area (Å²) in [4.78, 5) is 19.1. The van der Waals surface area contributed by atoms with Gasteiger partial charge in [-0.3, -0.25) is 14.3 Å². The van der Waals surface area contributed by atoms with Crippen molar-refractivity contribution in [2.75, 3.05) is 18.4 Å². The van der Waals surface area contributed by atoms with Gasteiger partial charge < -0.3 is 5.32 Å². The van der Waals surface area contributed by atoms with Crippen molar-refractivity contribution in [3.05, 3.63) is 89.7 Å². The molecule has 0 atom stereocenters. The summed E-state index contributed by atoms with van der Waals surface area (Å²) in [5.74, 6) is -0.376. The minimum Gasteiger partial charge on any atom is -0.326 e. The number of alkyl halides is 3. The van der Waals surface area contributed by atoms with Gasteiger partial charge in [0.2, 0.25) is 5.91 Å². The number of benzene rings is 3. The number of hydrogen-bond donors (Lipinski definition) is 1. The summed E-state index contributed by atoms with van der Waals surface area (Å²) in [6, 6.07) is 19.0. The quantitative estimate of drug-likeness (QED) is 0.333. The monoisotopic (exact) mass is 480 g/mol. The maximum Gasteiger partial charge on any atom is 0.416 e. The number of aromatic nitrogens is 2. The highest BCUT2D eigenvalue weighted by Crippen LogP contribution is 2.32. The molecule has 1 amide bonds. The normalized spacial score (nSPS) is 11.8. The molecular weight excluding hydrogens is 453 g/mol. The Balaban J connectivity index is 1.48. The Bertz CT molecular complexity index is 1310. The van der Waals surface area contributed by atoms with Crippen LogP contribution in [0.25, 0.3) is 16.7 Å². The Labute approximate surface area is 202 Å². The third-order valence-corrected chi connectivity index (χ3v) is 5.94. The molecule has 0 saturated heterocycles. The largest absolute Gasteiger partial charge is 0.416 e. The van der Waals surface area contributed by atoms with Crippen molar-refractivity contribution in [1.82, 2.24) is 14.5 Å². The van der Waals surface area contributed by atoms with Crippen molar-refractivity contribution in [3.8, 4) is 5.69 Å². The fraction of sp³-hybridized carbons (Fsp3) is 0.259. The SMILES string of the molecule is CCN(CC)Cc1cc(NC(=O)Cc2ccc(-n3cnc4ccccc43)cc2)cc(C(F)(F)F)c1. The van der Waals surface area contributed by atoms with Crippen LogP contribution in [0.3, 0.4) is 0 Å². The number of fused-ring (bicyclic) bond motifs is 1. The average Bonchev–Trinajstić information content (AvgIpc) is 3.26. The second-order valence-electron chi connectivity index (χ2n) is 8.37. The summed E-state index contributed by atoms with van der Waals surface area (Å²) in [6.45, 7) is 5.74. The van der Waals surface area contributed by atoms with Gasteiger partial charge in [0.05, 0.1) is 23.0 Å². The van der Waals surface area contributed by atoms with Crippen LogP contribution >= 0.6 is 0 Å². The van der Waals surface area contributed by atoms with Crippen LogP contribution in [0.1, 0.15) is 30.5 Å². The molecule has 0 bridgehead atoms. The molecule has 0 aliphatic rings. The molecular formula is C27H27F3N4O. The number of rotatable bonds is 8. The smallest absolute Gasteiger partial charge is 0.326 e. The third kappa shape index (κ3) is 5.89. The Morgan fingerprint density at radius 1 is 0.971 bits per heavy atom. The van der Waals surface area contributed by atoms with Gasteiger partial charge in [-0.1, -0.05) is 38.1 Å². The van der Waals surface area contributed by atoms with Crippen LogP contribution in [-0.4, -0.2) is 33.4 Å². The molecule has 0 saturated carbocycles. The molecule has 1 N–H and O–H groups in total. The van der Waals surface area contributed by atoms with Gasteiger partial charge in [-0.05, 0) is 66.7 Å². The number of carbonyl (C=O) groups is 1. The lowest BCUT2D eigenvalue weighted by atomic mass is 10.1. The fourth-order valence-electron chi connectivity index (χ4n) is 4.05. The zero-order chi connectivity index (χ0) is 25.0. The molecule has 0 spiro atoms. The lowest BCUT2D eigenvalue weighted by Gasteiger charge is -2.20. The predicted molar refractivity (Wildman–Crippen MR) is 131 cm³/mol. The average molecular weight is 481 g/mol. The molecule has 4 aromatic rings. The van der Waals surface area contributed by atoms with E-state index in [2.05, 4.69) is 10.3 Å². The van der Waals surface area contributed by atoms with Gasteiger partial charge in [0, 0.05) is 17.9 Å². The number of nitrogens with one attached hydrogen (secondary N) is 1. The standard InChI is InChI=1S/C27H27F3N4O/c1-3-33(4-2)17-20-13-21(27(28,29)30)16-22(14-20)32-26(35)15-19-9-11-23(12-10-19)34-18-31-24-7-5-6-8-25(24)34/h5-14,16,18H,3-4,15,17H2,1-2H3,(H,32,35).